The molecule has 2 N–H and O–H groups in total. The van der Waals surface area contributed by atoms with Crippen LogP contribution in [0.4, 0.5) is 0 Å². The van der Waals surface area contributed by atoms with Crippen molar-refractivity contribution in [2.45, 2.75) is 19.8 Å². The molecule has 0 unspecified atom stereocenters. The van der Waals surface area contributed by atoms with Crippen LogP contribution in [0.5, 0.6) is 0 Å². The van der Waals surface area contributed by atoms with E-state index < -0.39 is 0 Å². The SMILES string of the molecule is C=C(N)N1CCC(C)CC1. The van der Waals surface area contributed by atoms with Gasteiger partial charge in [-0.1, -0.05) is 13.5 Å². The average Bonchev–Trinajstić information content (AvgIpc) is 1.88. The summed E-state index contributed by atoms with van der Waals surface area (Å²) in [6.07, 6.45) is 2.52. The fraction of sp³-hybridized carbons (Fsp3) is 0.750. The van der Waals surface area contributed by atoms with Crippen molar-refractivity contribution in [2.75, 3.05) is 13.1 Å². The Morgan fingerprint density at radius 2 is 2.00 bits per heavy atom. The standard InChI is InChI=1S/C8H16N2/c1-7-3-5-10(6-4-7)8(2)9/h7H,2-6,9H2,1H3. The monoisotopic (exact) mass is 140 g/mol. The third-order valence-electron chi connectivity index (χ3n) is 2.19. The minimum Gasteiger partial charge on any atom is -0.386 e. The van der Waals surface area contributed by atoms with Crippen LogP contribution in [-0.4, -0.2) is 18.0 Å². The van der Waals surface area contributed by atoms with Gasteiger partial charge in [-0.2, -0.15) is 0 Å². The molecule has 0 amide bonds. The molecule has 0 saturated carbocycles. The van der Waals surface area contributed by atoms with Gasteiger partial charge in [0.2, 0.25) is 0 Å². The lowest BCUT2D eigenvalue weighted by Gasteiger charge is -2.31. The average molecular weight is 140 g/mol. The molecular weight excluding hydrogens is 124 g/mol. The van der Waals surface area contributed by atoms with Gasteiger partial charge in [0.25, 0.3) is 0 Å². The van der Waals surface area contributed by atoms with Crippen LogP contribution in [0.2, 0.25) is 0 Å². The third kappa shape index (κ3) is 1.66. The molecule has 0 aromatic rings. The van der Waals surface area contributed by atoms with Gasteiger partial charge in [-0.15, -0.1) is 0 Å². The molecule has 1 aliphatic rings. The summed E-state index contributed by atoms with van der Waals surface area (Å²) < 4.78 is 0. The maximum Gasteiger partial charge on any atom is 0.0912 e. The summed E-state index contributed by atoms with van der Waals surface area (Å²) >= 11 is 0. The first-order valence-corrected chi connectivity index (χ1v) is 3.89. The minimum atomic E-state index is 0.729. The summed E-state index contributed by atoms with van der Waals surface area (Å²) in [5, 5.41) is 0. The van der Waals surface area contributed by atoms with Gasteiger partial charge < -0.3 is 10.6 Å². The maximum atomic E-state index is 5.54. The predicted octanol–water partition coefficient (Wildman–Crippen LogP) is 1.15. The van der Waals surface area contributed by atoms with Gasteiger partial charge in [-0.05, 0) is 18.8 Å². The number of nitrogens with two attached hydrogens (primary N) is 1. The highest BCUT2D eigenvalue weighted by molar-refractivity contribution is 4.88. The van der Waals surface area contributed by atoms with E-state index in [0.717, 1.165) is 24.8 Å². The van der Waals surface area contributed by atoms with Crippen molar-refractivity contribution in [2.24, 2.45) is 11.7 Å². The zero-order chi connectivity index (χ0) is 7.56. The fourth-order valence-electron chi connectivity index (χ4n) is 1.30. The van der Waals surface area contributed by atoms with E-state index in [1.54, 1.807) is 0 Å². The highest BCUT2D eigenvalue weighted by Crippen LogP contribution is 2.16. The van der Waals surface area contributed by atoms with Crippen molar-refractivity contribution < 1.29 is 0 Å². The third-order valence-corrected chi connectivity index (χ3v) is 2.19. The van der Waals surface area contributed by atoms with Gasteiger partial charge in [-0.25, -0.2) is 0 Å². The first-order valence-electron chi connectivity index (χ1n) is 3.89. The van der Waals surface area contributed by atoms with Gasteiger partial charge in [0.1, 0.15) is 0 Å². The Balaban J connectivity index is 2.33. The zero-order valence-corrected chi connectivity index (χ0v) is 6.64. The van der Waals surface area contributed by atoms with Crippen molar-refractivity contribution in [3.63, 3.8) is 0 Å². The molecule has 0 aromatic carbocycles. The van der Waals surface area contributed by atoms with Gasteiger partial charge >= 0.3 is 0 Å². The van der Waals surface area contributed by atoms with Crippen LogP contribution >= 0.6 is 0 Å². The van der Waals surface area contributed by atoms with Crippen molar-refractivity contribution in [3.8, 4) is 0 Å². The van der Waals surface area contributed by atoms with Crippen LogP contribution in [0.3, 0.4) is 0 Å². The molecule has 0 radical (unpaired) electrons. The molecule has 1 fully saturated rings. The Hall–Kier alpha value is -0.660. The van der Waals surface area contributed by atoms with E-state index in [1.165, 1.54) is 12.8 Å². The Kier molecular flexibility index (Phi) is 2.20. The van der Waals surface area contributed by atoms with Gasteiger partial charge in [-0.3, -0.25) is 0 Å². The van der Waals surface area contributed by atoms with Gasteiger partial charge in [0.05, 0.1) is 5.82 Å². The van der Waals surface area contributed by atoms with E-state index in [0.29, 0.717) is 0 Å². The molecular formula is C8H16N2. The number of likely N-dealkylation sites (tertiary alicyclic amines) is 1. The highest BCUT2D eigenvalue weighted by Gasteiger charge is 2.14. The summed E-state index contributed by atoms with van der Waals surface area (Å²) in [6.45, 7) is 8.18. The van der Waals surface area contributed by atoms with E-state index in [1.807, 2.05) is 0 Å². The van der Waals surface area contributed by atoms with Crippen LogP contribution < -0.4 is 5.73 Å². The molecule has 0 aromatic heterocycles. The maximum absolute atomic E-state index is 5.54. The number of rotatable bonds is 1. The molecule has 1 saturated heterocycles. The summed E-state index contributed by atoms with van der Waals surface area (Å²) in [4.78, 5) is 2.15. The molecule has 2 heteroatoms. The lowest BCUT2D eigenvalue weighted by molar-refractivity contribution is 0.236. The van der Waals surface area contributed by atoms with Crippen molar-refractivity contribution in [1.82, 2.24) is 4.90 Å². The van der Waals surface area contributed by atoms with Gasteiger partial charge in [0.15, 0.2) is 0 Å². The summed E-state index contributed by atoms with van der Waals surface area (Å²) in [5.74, 6) is 1.60. The predicted molar refractivity (Wildman–Crippen MR) is 43.3 cm³/mol. The van der Waals surface area contributed by atoms with E-state index >= 15 is 0 Å². The normalized spacial score (nSPS) is 21.1. The van der Waals surface area contributed by atoms with E-state index in [-0.39, 0.29) is 0 Å². The number of nitrogens with zero attached hydrogens (tertiary/aromatic N) is 1. The topological polar surface area (TPSA) is 29.3 Å². The van der Waals surface area contributed by atoms with E-state index in [4.69, 9.17) is 5.73 Å². The van der Waals surface area contributed by atoms with E-state index in [2.05, 4.69) is 18.4 Å². The Morgan fingerprint density at radius 1 is 1.50 bits per heavy atom. The minimum absolute atomic E-state index is 0.729. The van der Waals surface area contributed by atoms with Crippen LogP contribution in [0, 0.1) is 5.92 Å². The molecule has 1 heterocycles. The fourth-order valence-corrected chi connectivity index (χ4v) is 1.30. The molecule has 2 nitrogen and oxygen atoms in total. The Labute approximate surface area is 62.7 Å². The summed E-state index contributed by atoms with van der Waals surface area (Å²) in [5.41, 5.74) is 5.54. The van der Waals surface area contributed by atoms with Crippen LogP contribution in [0.15, 0.2) is 12.4 Å². The smallest absolute Gasteiger partial charge is 0.0912 e. The Bertz CT molecular complexity index is 123. The molecule has 1 aliphatic heterocycles. The summed E-state index contributed by atoms with van der Waals surface area (Å²) in [7, 11) is 0. The molecule has 10 heavy (non-hydrogen) atoms. The lowest BCUT2D eigenvalue weighted by atomic mass is 9.99. The van der Waals surface area contributed by atoms with Gasteiger partial charge in [0, 0.05) is 13.1 Å². The molecule has 1 rings (SSSR count). The quantitative estimate of drug-likeness (QED) is 0.592. The highest BCUT2D eigenvalue weighted by atomic mass is 15.2. The molecule has 0 atom stereocenters. The van der Waals surface area contributed by atoms with Crippen molar-refractivity contribution in [3.05, 3.63) is 12.4 Å². The second kappa shape index (κ2) is 2.95. The number of hydrogen-bond acceptors (Lipinski definition) is 2. The molecule has 0 bridgehead atoms. The van der Waals surface area contributed by atoms with E-state index in [9.17, 15) is 0 Å². The zero-order valence-electron chi connectivity index (χ0n) is 6.64. The first-order chi connectivity index (χ1) is 4.70. The number of hydrogen-bond donors (Lipinski definition) is 1. The first kappa shape index (κ1) is 7.45. The second-order valence-corrected chi connectivity index (χ2v) is 3.16. The Morgan fingerprint density at radius 3 is 2.40 bits per heavy atom. The van der Waals surface area contributed by atoms with Crippen molar-refractivity contribution in [1.29, 1.82) is 0 Å². The summed E-state index contributed by atoms with van der Waals surface area (Å²) in [6, 6.07) is 0. The second-order valence-electron chi connectivity index (χ2n) is 3.16. The van der Waals surface area contributed by atoms with Crippen molar-refractivity contribution >= 4 is 0 Å². The van der Waals surface area contributed by atoms with Crippen LogP contribution in [0.1, 0.15) is 19.8 Å². The lowest BCUT2D eigenvalue weighted by Crippen LogP contribution is -2.34. The van der Waals surface area contributed by atoms with Crippen LogP contribution in [0.25, 0.3) is 0 Å². The largest absolute Gasteiger partial charge is 0.386 e. The number of piperidine rings is 1. The molecule has 58 valence electrons. The molecule has 0 spiro atoms. The molecule has 0 aliphatic carbocycles. The van der Waals surface area contributed by atoms with Crippen LogP contribution in [-0.2, 0) is 0 Å².